The summed E-state index contributed by atoms with van der Waals surface area (Å²) >= 11 is 0. The Morgan fingerprint density at radius 2 is 1.59 bits per heavy atom. The molecule has 0 spiro atoms. The molecule has 0 aliphatic carbocycles. The summed E-state index contributed by atoms with van der Waals surface area (Å²) in [6.07, 6.45) is 3.62. The van der Waals surface area contributed by atoms with Crippen LogP contribution in [-0.4, -0.2) is 14.8 Å². The second-order valence-electron chi connectivity index (χ2n) is 7.48. The molecule has 0 amide bonds. The number of fused-ring (bicyclic) bond motifs is 1. The van der Waals surface area contributed by atoms with Gasteiger partial charge in [-0.25, -0.2) is 9.67 Å². The molecule has 0 aliphatic rings. The molecule has 3 aromatic heterocycles. The van der Waals surface area contributed by atoms with Gasteiger partial charge in [0.2, 0.25) is 0 Å². The summed E-state index contributed by atoms with van der Waals surface area (Å²) in [5, 5.41) is 5.26. The van der Waals surface area contributed by atoms with Crippen molar-refractivity contribution in [2.75, 3.05) is 4.90 Å². The summed E-state index contributed by atoms with van der Waals surface area (Å²) in [4.78, 5) is 6.95. The van der Waals surface area contributed by atoms with E-state index in [-0.39, 0.29) is 21.1 Å². The van der Waals surface area contributed by atoms with Gasteiger partial charge in [-0.3, -0.25) is 0 Å². The minimum absolute atomic E-state index is 0. The summed E-state index contributed by atoms with van der Waals surface area (Å²) in [6.45, 7) is 0. The summed E-state index contributed by atoms with van der Waals surface area (Å²) in [7, 11) is 0. The van der Waals surface area contributed by atoms with Crippen molar-refractivity contribution in [3.63, 3.8) is 0 Å². The number of hydrogen-bond acceptors (Lipinski definition) is 4. The first kappa shape index (κ1) is 21.9. The van der Waals surface area contributed by atoms with Crippen LogP contribution >= 0.6 is 0 Å². The van der Waals surface area contributed by atoms with Crippen molar-refractivity contribution in [2.45, 2.75) is 0 Å². The first-order valence-electron chi connectivity index (χ1n) is 10.6. The van der Waals surface area contributed by atoms with Crippen LogP contribution < -0.4 is 4.90 Å². The van der Waals surface area contributed by atoms with Crippen LogP contribution in [0.1, 0.15) is 0 Å². The second kappa shape index (κ2) is 9.50. The van der Waals surface area contributed by atoms with Gasteiger partial charge >= 0.3 is 21.1 Å². The Morgan fingerprint density at radius 1 is 0.765 bits per heavy atom. The molecule has 6 heteroatoms. The predicted molar refractivity (Wildman–Crippen MR) is 129 cm³/mol. The molecule has 3 heterocycles. The average molecular weight is 622 g/mol. The van der Waals surface area contributed by atoms with Gasteiger partial charge in [0.05, 0.1) is 0 Å². The van der Waals surface area contributed by atoms with E-state index in [1.165, 1.54) is 0 Å². The van der Waals surface area contributed by atoms with E-state index in [4.69, 9.17) is 9.40 Å². The van der Waals surface area contributed by atoms with Gasteiger partial charge in [-0.2, -0.15) is 28.9 Å². The van der Waals surface area contributed by atoms with Crippen molar-refractivity contribution >= 4 is 28.2 Å². The molecule has 5 nitrogen and oxygen atoms in total. The minimum Gasteiger partial charge on any atom is -0.563 e. The molecule has 0 N–H and O–H groups in total. The zero-order valence-electron chi connectivity index (χ0n) is 17.9. The van der Waals surface area contributed by atoms with Crippen LogP contribution in [0, 0.1) is 12.1 Å². The molecule has 0 saturated carbocycles. The standard InChI is InChI=1S/C28H18N4O.Pt/c1-2-11-23(12-3-1)32(28-16-7-15-27(30-28)31-18-8-17-29-31)24-13-6-10-21(19-24)26-20-22-9-4-5-14-25(22)33-26;/h1-18H;/q-2;+2. The third-order valence-corrected chi connectivity index (χ3v) is 5.31. The van der Waals surface area contributed by atoms with Gasteiger partial charge in [0.25, 0.3) is 0 Å². The van der Waals surface area contributed by atoms with E-state index in [0.717, 1.165) is 39.5 Å². The number of pyridine rings is 1. The van der Waals surface area contributed by atoms with E-state index in [9.17, 15) is 0 Å². The number of para-hydroxylation sites is 2. The van der Waals surface area contributed by atoms with Gasteiger partial charge in [0.15, 0.2) is 5.82 Å². The third-order valence-electron chi connectivity index (χ3n) is 5.31. The Kier molecular flexibility index (Phi) is 6.11. The number of aromatic nitrogens is 3. The molecule has 0 fully saturated rings. The van der Waals surface area contributed by atoms with Crippen molar-refractivity contribution in [2.24, 2.45) is 0 Å². The maximum absolute atomic E-state index is 6.04. The van der Waals surface area contributed by atoms with Crippen LogP contribution in [-0.2, 0) is 21.1 Å². The second-order valence-corrected chi connectivity index (χ2v) is 7.48. The SMILES string of the molecule is [Pt+2].[c-]1c(-c2[c-]c3ccccc3o2)cccc1N(c1ccccc1)c1cccc(-n2cccn2)n1. The van der Waals surface area contributed by atoms with Crippen molar-refractivity contribution < 1.29 is 25.5 Å². The van der Waals surface area contributed by atoms with Gasteiger partial charge in [0, 0.05) is 23.7 Å². The van der Waals surface area contributed by atoms with E-state index < -0.39 is 0 Å². The molecule has 34 heavy (non-hydrogen) atoms. The quantitative estimate of drug-likeness (QED) is 0.200. The van der Waals surface area contributed by atoms with E-state index in [0.29, 0.717) is 5.76 Å². The van der Waals surface area contributed by atoms with Crippen LogP contribution in [0.15, 0.2) is 114 Å². The summed E-state index contributed by atoms with van der Waals surface area (Å²) in [6, 6.07) is 38.6. The normalized spacial score (nSPS) is 10.7. The van der Waals surface area contributed by atoms with Crippen LogP contribution in [0.5, 0.6) is 0 Å². The van der Waals surface area contributed by atoms with Gasteiger partial charge < -0.3 is 9.32 Å². The fraction of sp³-hybridized carbons (Fsp3) is 0. The number of hydrogen-bond donors (Lipinski definition) is 0. The van der Waals surface area contributed by atoms with Gasteiger partial charge in [0.1, 0.15) is 5.82 Å². The van der Waals surface area contributed by atoms with Gasteiger partial charge in [-0.1, -0.05) is 36.4 Å². The monoisotopic (exact) mass is 621 g/mol. The van der Waals surface area contributed by atoms with Crippen molar-refractivity contribution in [3.8, 4) is 17.1 Å². The summed E-state index contributed by atoms with van der Waals surface area (Å²) in [5.41, 5.74) is 3.45. The molecule has 6 rings (SSSR count). The van der Waals surface area contributed by atoms with Gasteiger partial charge in [-0.05, 0) is 41.8 Å². The van der Waals surface area contributed by atoms with E-state index >= 15 is 0 Å². The molecule has 0 atom stereocenters. The Morgan fingerprint density at radius 3 is 2.41 bits per heavy atom. The minimum atomic E-state index is 0. The predicted octanol–water partition coefficient (Wildman–Crippen LogP) is 6.75. The first-order valence-corrected chi connectivity index (χ1v) is 10.6. The van der Waals surface area contributed by atoms with Crippen molar-refractivity contribution in [3.05, 3.63) is 122 Å². The summed E-state index contributed by atoms with van der Waals surface area (Å²) < 4.78 is 7.78. The molecule has 6 aromatic rings. The molecular weight excluding hydrogens is 603 g/mol. The topological polar surface area (TPSA) is 47.1 Å². The number of anilines is 3. The number of nitrogens with zero attached hydrogens (tertiary/aromatic N) is 4. The number of rotatable bonds is 5. The fourth-order valence-corrected chi connectivity index (χ4v) is 3.80. The van der Waals surface area contributed by atoms with Crippen LogP contribution in [0.25, 0.3) is 28.1 Å². The maximum atomic E-state index is 6.04. The fourth-order valence-electron chi connectivity index (χ4n) is 3.80. The Labute approximate surface area is 211 Å². The van der Waals surface area contributed by atoms with Crippen molar-refractivity contribution in [1.29, 1.82) is 0 Å². The Balaban J connectivity index is 0.00000241. The average Bonchev–Trinajstić information content (AvgIpc) is 3.56. The van der Waals surface area contributed by atoms with E-state index in [2.05, 4.69) is 34.3 Å². The number of furan rings is 1. The first-order chi connectivity index (χ1) is 16.3. The molecule has 0 bridgehead atoms. The number of benzene rings is 3. The zero-order valence-corrected chi connectivity index (χ0v) is 20.2. The smallest absolute Gasteiger partial charge is 0.563 e. The molecule has 0 unspecified atom stereocenters. The Hall–Kier alpha value is -3.95. The van der Waals surface area contributed by atoms with Crippen LogP contribution in [0.2, 0.25) is 0 Å². The molecule has 166 valence electrons. The molecular formula is C28H18N4OPt. The van der Waals surface area contributed by atoms with Crippen LogP contribution in [0.4, 0.5) is 17.2 Å². The Bertz CT molecular complexity index is 1490. The molecule has 0 radical (unpaired) electrons. The summed E-state index contributed by atoms with van der Waals surface area (Å²) in [5.74, 6) is 2.15. The zero-order chi connectivity index (χ0) is 22.0. The van der Waals surface area contributed by atoms with E-state index in [1.807, 2.05) is 91.1 Å². The third kappa shape index (κ3) is 4.18. The molecule has 3 aromatic carbocycles. The van der Waals surface area contributed by atoms with Crippen LogP contribution in [0.3, 0.4) is 0 Å². The van der Waals surface area contributed by atoms with Crippen molar-refractivity contribution in [1.82, 2.24) is 14.8 Å². The molecule has 0 saturated heterocycles. The molecule has 0 aliphatic heterocycles. The maximum Gasteiger partial charge on any atom is 2.00 e. The largest absolute Gasteiger partial charge is 2.00 e. The van der Waals surface area contributed by atoms with Gasteiger partial charge in [-0.15, -0.1) is 29.7 Å². The van der Waals surface area contributed by atoms with E-state index in [1.54, 1.807) is 10.9 Å².